The van der Waals surface area contributed by atoms with Crippen LogP contribution in [0, 0.1) is 0 Å². The number of carbonyl (C=O) groups excluding carboxylic acids is 1. The molecule has 0 saturated heterocycles. The smallest absolute Gasteiger partial charge is 0.272 e. The maximum absolute atomic E-state index is 10.9. The first-order valence-corrected chi connectivity index (χ1v) is 3.84. The lowest BCUT2D eigenvalue weighted by Crippen LogP contribution is -2.26. The van der Waals surface area contributed by atoms with Crippen LogP contribution in [0.2, 0.25) is 0 Å². The van der Waals surface area contributed by atoms with Crippen LogP contribution in [0.15, 0.2) is 5.38 Å². The minimum Gasteiger partial charge on any atom is -0.395 e. The molecule has 0 aliphatic rings. The first-order valence-electron chi connectivity index (χ1n) is 3.00. The van der Waals surface area contributed by atoms with Gasteiger partial charge in [-0.15, -0.1) is 5.10 Å². The third-order valence-electron chi connectivity index (χ3n) is 0.990. The standard InChI is InChI=1S/C5H7N3O2S/c9-2-1-6-5(10)4-3-11-8-7-4/h3,9H,1-2H2,(H,6,10). The third kappa shape index (κ3) is 2.24. The number of amides is 1. The molecule has 60 valence electrons. The lowest BCUT2D eigenvalue weighted by Gasteiger charge is -1.96. The van der Waals surface area contributed by atoms with Gasteiger partial charge in [0.1, 0.15) is 0 Å². The van der Waals surface area contributed by atoms with Gasteiger partial charge >= 0.3 is 0 Å². The fraction of sp³-hybridized carbons (Fsp3) is 0.400. The molecule has 1 heterocycles. The molecule has 1 rings (SSSR count). The molecule has 0 aromatic carbocycles. The number of aliphatic hydroxyl groups is 1. The molecule has 11 heavy (non-hydrogen) atoms. The molecule has 0 aliphatic heterocycles. The molecular weight excluding hydrogens is 166 g/mol. The Balaban J connectivity index is 2.43. The van der Waals surface area contributed by atoms with Crippen molar-refractivity contribution in [3.05, 3.63) is 11.1 Å². The van der Waals surface area contributed by atoms with E-state index in [0.717, 1.165) is 11.5 Å². The lowest BCUT2D eigenvalue weighted by atomic mass is 10.4. The molecule has 1 aromatic heterocycles. The van der Waals surface area contributed by atoms with E-state index < -0.39 is 0 Å². The highest BCUT2D eigenvalue weighted by Gasteiger charge is 2.05. The SMILES string of the molecule is O=C(NCCO)c1csnn1. The zero-order valence-electron chi connectivity index (χ0n) is 5.65. The average Bonchev–Trinajstić information content (AvgIpc) is 2.52. The normalized spacial score (nSPS) is 9.55. The minimum absolute atomic E-state index is 0.0662. The Hall–Kier alpha value is -1.01. The van der Waals surface area contributed by atoms with Crippen molar-refractivity contribution in [3.8, 4) is 0 Å². The number of hydrogen-bond acceptors (Lipinski definition) is 5. The highest BCUT2D eigenvalue weighted by atomic mass is 32.1. The molecule has 1 amide bonds. The van der Waals surface area contributed by atoms with Crippen LogP contribution >= 0.6 is 11.5 Å². The van der Waals surface area contributed by atoms with E-state index in [1.54, 1.807) is 5.38 Å². The summed E-state index contributed by atoms with van der Waals surface area (Å²) in [4.78, 5) is 10.9. The molecule has 6 heteroatoms. The number of aliphatic hydroxyl groups excluding tert-OH is 1. The van der Waals surface area contributed by atoms with Crippen molar-refractivity contribution < 1.29 is 9.90 Å². The summed E-state index contributed by atoms with van der Waals surface area (Å²) in [5.74, 6) is -0.298. The van der Waals surface area contributed by atoms with E-state index >= 15 is 0 Å². The number of nitrogens with one attached hydrogen (secondary N) is 1. The van der Waals surface area contributed by atoms with Crippen molar-refractivity contribution in [3.63, 3.8) is 0 Å². The molecule has 5 nitrogen and oxygen atoms in total. The van der Waals surface area contributed by atoms with Crippen LogP contribution in [0.3, 0.4) is 0 Å². The molecule has 0 aliphatic carbocycles. The van der Waals surface area contributed by atoms with Gasteiger partial charge in [0, 0.05) is 11.9 Å². The maximum atomic E-state index is 10.9. The van der Waals surface area contributed by atoms with Crippen LogP contribution in [0.5, 0.6) is 0 Å². The van der Waals surface area contributed by atoms with Crippen molar-refractivity contribution in [2.75, 3.05) is 13.2 Å². The lowest BCUT2D eigenvalue weighted by molar-refractivity contribution is 0.0940. The van der Waals surface area contributed by atoms with Crippen molar-refractivity contribution in [2.45, 2.75) is 0 Å². The molecule has 0 unspecified atom stereocenters. The van der Waals surface area contributed by atoms with E-state index in [2.05, 4.69) is 14.9 Å². The Kier molecular flexibility index (Phi) is 2.94. The highest BCUT2D eigenvalue weighted by molar-refractivity contribution is 7.03. The number of nitrogens with zero attached hydrogens (tertiary/aromatic N) is 2. The van der Waals surface area contributed by atoms with E-state index in [1.807, 2.05) is 0 Å². The Morgan fingerprint density at radius 3 is 3.18 bits per heavy atom. The fourth-order valence-electron chi connectivity index (χ4n) is 0.524. The second-order valence-electron chi connectivity index (χ2n) is 1.77. The molecule has 0 saturated carbocycles. The molecule has 1 aromatic rings. The Bertz CT molecular complexity index is 224. The van der Waals surface area contributed by atoms with Gasteiger partial charge in [-0.3, -0.25) is 4.79 Å². The minimum atomic E-state index is -0.298. The quantitative estimate of drug-likeness (QED) is 0.631. The molecule has 0 bridgehead atoms. The predicted octanol–water partition coefficient (Wildman–Crippen LogP) is -0.740. The Morgan fingerprint density at radius 2 is 2.64 bits per heavy atom. The van der Waals surface area contributed by atoms with E-state index in [4.69, 9.17) is 5.11 Å². The number of carbonyl (C=O) groups is 1. The van der Waals surface area contributed by atoms with Crippen LogP contribution in [-0.2, 0) is 0 Å². The van der Waals surface area contributed by atoms with E-state index in [1.165, 1.54) is 0 Å². The van der Waals surface area contributed by atoms with Crippen molar-refractivity contribution in [2.24, 2.45) is 0 Å². The van der Waals surface area contributed by atoms with E-state index in [-0.39, 0.29) is 19.1 Å². The number of rotatable bonds is 3. The Labute approximate surface area is 67.2 Å². The summed E-state index contributed by atoms with van der Waals surface area (Å²) in [5, 5.41) is 15.9. The van der Waals surface area contributed by atoms with Gasteiger partial charge in [-0.1, -0.05) is 4.49 Å². The van der Waals surface area contributed by atoms with Gasteiger partial charge in [-0.05, 0) is 11.5 Å². The van der Waals surface area contributed by atoms with Gasteiger partial charge in [-0.2, -0.15) is 0 Å². The van der Waals surface area contributed by atoms with Crippen LogP contribution in [0.4, 0.5) is 0 Å². The topological polar surface area (TPSA) is 75.1 Å². The van der Waals surface area contributed by atoms with Crippen LogP contribution < -0.4 is 5.32 Å². The van der Waals surface area contributed by atoms with Gasteiger partial charge in [0.05, 0.1) is 6.61 Å². The molecular formula is C5H7N3O2S. The fourth-order valence-corrected chi connectivity index (χ4v) is 0.960. The summed E-state index contributed by atoms with van der Waals surface area (Å²) in [7, 11) is 0. The summed E-state index contributed by atoms with van der Waals surface area (Å²) >= 11 is 1.12. The molecule has 0 radical (unpaired) electrons. The zero-order chi connectivity index (χ0) is 8.10. The summed E-state index contributed by atoms with van der Waals surface area (Å²) < 4.78 is 3.52. The monoisotopic (exact) mass is 173 g/mol. The Morgan fingerprint density at radius 1 is 1.82 bits per heavy atom. The second-order valence-corrected chi connectivity index (χ2v) is 2.38. The summed E-state index contributed by atoms with van der Waals surface area (Å²) in [6.07, 6.45) is 0. The molecule has 0 atom stereocenters. The predicted molar refractivity (Wildman–Crippen MR) is 39.3 cm³/mol. The summed E-state index contributed by atoms with van der Waals surface area (Å²) in [6, 6.07) is 0. The van der Waals surface area contributed by atoms with Gasteiger partial charge in [0.15, 0.2) is 5.69 Å². The van der Waals surface area contributed by atoms with Gasteiger partial charge in [0.25, 0.3) is 5.91 Å². The van der Waals surface area contributed by atoms with E-state index in [0.29, 0.717) is 5.69 Å². The molecule has 0 spiro atoms. The number of aromatic nitrogens is 2. The van der Waals surface area contributed by atoms with Crippen LogP contribution in [0.25, 0.3) is 0 Å². The summed E-state index contributed by atoms with van der Waals surface area (Å²) in [6.45, 7) is 0.180. The largest absolute Gasteiger partial charge is 0.395 e. The van der Waals surface area contributed by atoms with E-state index in [9.17, 15) is 4.79 Å². The summed E-state index contributed by atoms with van der Waals surface area (Å²) in [5.41, 5.74) is 0.295. The first kappa shape index (κ1) is 8.09. The maximum Gasteiger partial charge on any atom is 0.272 e. The van der Waals surface area contributed by atoms with Gasteiger partial charge in [-0.25, -0.2) is 0 Å². The van der Waals surface area contributed by atoms with Crippen LogP contribution in [0.1, 0.15) is 10.5 Å². The zero-order valence-corrected chi connectivity index (χ0v) is 6.47. The molecule has 2 N–H and O–H groups in total. The second kappa shape index (κ2) is 3.99. The van der Waals surface area contributed by atoms with Gasteiger partial charge in [0.2, 0.25) is 0 Å². The first-order chi connectivity index (χ1) is 5.34. The number of hydrogen-bond donors (Lipinski definition) is 2. The third-order valence-corrected chi connectivity index (χ3v) is 1.49. The van der Waals surface area contributed by atoms with Crippen LogP contribution in [-0.4, -0.2) is 33.8 Å². The van der Waals surface area contributed by atoms with Gasteiger partial charge < -0.3 is 10.4 Å². The molecule has 0 fully saturated rings. The average molecular weight is 173 g/mol. The van der Waals surface area contributed by atoms with Crippen molar-refractivity contribution in [1.82, 2.24) is 14.9 Å². The highest BCUT2D eigenvalue weighted by Crippen LogP contribution is 1.95. The van der Waals surface area contributed by atoms with Crippen molar-refractivity contribution in [1.29, 1.82) is 0 Å². The van der Waals surface area contributed by atoms with Crippen molar-refractivity contribution >= 4 is 17.4 Å².